The Morgan fingerprint density at radius 2 is 1.62 bits per heavy atom. The summed E-state index contributed by atoms with van der Waals surface area (Å²) < 4.78 is 0. The van der Waals surface area contributed by atoms with Gasteiger partial charge in [0.15, 0.2) is 0 Å². The first kappa shape index (κ1) is 17.7. The largest absolute Gasteiger partial charge is 0.350 e. The number of anilines is 1. The highest BCUT2D eigenvalue weighted by Gasteiger charge is 2.15. The van der Waals surface area contributed by atoms with E-state index in [0.717, 1.165) is 17.5 Å². The number of para-hydroxylation sites is 1. The van der Waals surface area contributed by atoms with Crippen molar-refractivity contribution in [1.82, 2.24) is 5.32 Å². The fourth-order valence-corrected chi connectivity index (χ4v) is 2.49. The van der Waals surface area contributed by atoms with E-state index < -0.39 is 0 Å². The van der Waals surface area contributed by atoms with E-state index in [4.69, 9.17) is 0 Å². The lowest BCUT2D eigenvalue weighted by atomic mass is 10.1. The van der Waals surface area contributed by atoms with E-state index in [-0.39, 0.29) is 17.9 Å². The number of aryl methyl sites for hydroxylation is 2. The van der Waals surface area contributed by atoms with E-state index >= 15 is 0 Å². The number of hydrogen-bond acceptors (Lipinski definition) is 2. The van der Waals surface area contributed by atoms with Crippen LogP contribution in [0.2, 0.25) is 0 Å². The molecule has 4 heteroatoms. The molecule has 24 heavy (non-hydrogen) atoms. The lowest BCUT2D eigenvalue weighted by Crippen LogP contribution is -2.32. The first-order valence-corrected chi connectivity index (χ1v) is 8.20. The second-order valence-electron chi connectivity index (χ2n) is 6.16. The van der Waals surface area contributed by atoms with Gasteiger partial charge in [0.05, 0.1) is 11.3 Å². The molecule has 2 amide bonds. The molecular formula is C20H24N2O2. The summed E-state index contributed by atoms with van der Waals surface area (Å²) >= 11 is 0. The van der Waals surface area contributed by atoms with Gasteiger partial charge in [0.2, 0.25) is 0 Å². The van der Waals surface area contributed by atoms with Crippen molar-refractivity contribution < 1.29 is 9.59 Å². The molecule has 1 atom stereocenters. The molecule has 0 bridgehead atoms. The van der Waals surface area contributed by atoms with Crippen molar-refractivity contribution in [2.45, 2.75) is 40.2 Å². The monoisotopic (exact) mass is 324 g/mol. The maximum absolute atomic E-state index is 12.5. The summed E-state index contributed by atoms with van der Waals surface area (Å²) in [6.45, 7) is 7.88. The highest BCUT2D eigenvalue weighted by molar-refractivity contribution is 6.09. The number of hydrogen-bond donors (Lipinski definition) is 2. The number of carbonyl (C=O) groups excluding carboxylic acids is 2. The third kappa shape index (κ3) is 4.44. The Labute approximate surface area is 143 Å². The molecule has 2 aromatic rings. The summed E-state index contributed by atoms with van der Waals surface area (Å²) in [4.78, 5) is 24.9. The number of rotatable bonds is 5. The van der Waals surface area contributed by atoms with Crippen LogP contribution in [0.1, 0.15) is 52.1 Å². The molecule has 2 N–H and O–H groups in total. The lowest BCUT2D eigenvalue weighted by Gasteiger charge is -2.15. The SMILES string of the molecule is CCC(C)NC(=O)c1ccccc1NC(=O)c1cc(C)cc(C)c1. The number of carbonyl (C=O) groups is 2. The maximum Gasteiger partial charge on any atom is 0.255 e. The second-order valence-corrected chi connectivity index (χ2v) is 6.16. The molecule has 0 saturated carbocycles. The molecule has 2 rings (SSSR count). The molecule has 2 aromatic carbocycles. The molecule has 0 aliphatic carbocycles. The highest BCUT2D eigenvalue weighted by atomic mass is 16.2. The predicted molar refractivity (Wildman–Crippen MR) is 97.5 cm³/mol. The zero-order valence-electron chi connectivity index (χ0n) is 14.6. The van der Waals surface area contributed by atoms with Crippen LogP contribution in [-0.2, 0) is 0 Å². The zero-order valence-corrected chi connectivity index (χ0v) is 14.6. The van der Waals surface area contributed by atoms with E-state index in [0.29, 0.717) is 16.8 Å². The molecule has 0 aromatic heterocycles. The van der Waals surface area contributed by atoms with Crippen LogP contribution in [0.3, 0.4) is 0 Å². The molecule has 0 saturated heterocycles. The van der Waals surface area contributed by atoms with Crippen LogP contribution in [0.4, 0.5) is 5.69 Å². The van der Waals surface area contributed by atoms with Gasteiger partial charge in [-0.15, -0.1) is 0 Å². The van der Waals surface area contributed by atoms with E-state index in [1.54, 1.807) is 24.3 Å². The van der Waals surface area contributed by atoms with Crippen LogP contribution in [0.25, 0.3) is 0 Å². The highest BCUT2D eigenvalue weighted by Crippen LogP contribution is 2.17. The summed E-state index contributed by atoms with van der Waals surface area (Å²) in [5.74, 6) is -0.397. The lowest BCUT2D eigenvalue weighted by molar-refractivity contribution is 0.0940. The molecule has 0 aliphatic heterocycles. The molecule has 1 unspecified atom stereocenters. The first-order valence-electron chi connectivity index (χ1n) is 8.20. The van der Waals surface area contributed by atoms with Gasteiger partial charge in [-0.25, -0.2) is 0 Å². The van der Waals surface area contributed by atoms with Crippen molar-refractivity contribution in [3.8, 4) is 0 Å². The molecule has 126 valence electrons. The van der Waals surface area contributed by atoms with Crippen LogP contribution in [-0.4, -0.2) is 17.9 Å². The summed E-state index contributed by atoms with van der Waals surface area (Å²) in [6.07, 6.45) is 0.850. The van der Waals surface area contributed by atoms with Gasteiger partial charge in [0.25, 0.3) is 11.8 Å². The normalized spacial score (nSPS) is 11.7. The fourth-order valence-electron chi connectivity index (χ4n) is 2.49. The minimum Gasteiger partial charge on any atom is -0.350 e. The van der Waals surface area contributed by atoms with Crippen LogP contribution in [0.15, 0.2) is 42.5 Å². The van der Waals surface area contributed by atoms with Gasteiger partial charge < -0.3 is 10.6 Å². The van der Waals surface area contributed by atoms with Crippen LogP contribution in [0, 0.1) is 13.8 Å². The van der Waals surface area contributed by atoms with E-state index in [1.807, 2.05) is 45.9 Å². The average molecular weight is 324 g/mol. The second kappa shape index (κ2) is 7.77. The van der Waals surface area contributed by atoms with Gasteiger partial charge in [0.1, 0.15) is 0 Å². The number of benzene rings is 2. The minimum absolute atomic E-state index is 0.0840. The number of amides is 2. The van der Waals surface area contributed by atoms with Gasteiger partial charge in [-0.2, -0.15) is 0 Å². The summed E-state index contributed by atoms with van der Waals surface area (Å²) in [6, 6.07) is 12.8. The van der Waals surface area contributed by atoms with Crippen molar-refractivity contribution in [3.63, 3.8) is 0 Å². The standard InChI is InChI=1S/C20H24N2O2/c1-5-15(4)21-20(24)17-8-6-7-9-18(17)22-19(23)16-11-13(2)10-14(3)12-16/h6-12,15H,5H2,1-4H3,(H,21,24)(H,22,23). The Bertz CT molecular complexity index is 733. The van der Waals surface area contributed by atoms with Crippen molar-refractivity contribution in [1.29, 1.82) is 0 Å². The van der Waals surface area contributed by atoms with E-state index in [2.05, 4.69) is 10.6 Å². The summed E-state index contributed by atoms with van der Waals surface area (Å²) in [5.41, 5.74) is 3.63. The van der Waals surface area contributed by atoms with Crippen LogP contribution < -0.4 is 10.6 Å². The predicted octanol–water partition coefficient (Wildman–Crippen LogP) is 4.08. The van der Waals surface area contributed by atoms with Gasteiger partial charge in [0, 0.05) is 11.6 Å². The van der Waals surface area contributed by atoms with Crippen molar-refractivity contribution in [2.75, 3.05) is 5.32 Å². The Hall–Kier alpha value is -2.62. The Balaban J connectivity index is 2.23. The molecular weight excluding hydrogens is 300 g/mol. The van der Waals surface area contributed by atoms with Crippen LogP contribution in [0.5, 0.6) is 0 Å². The maximum atomic E-state index is 12.5. The minimum atomic E-state index is -0.217. The average Bonchev–Trinajstić information content (AvgIpc) is 2.54. The third-order valence-corrected chi connectivity index (χ3v) is 3.89. The molecule has 0 radical (unpaired) electrons. The number of nitrogens with one attached hydrogen (secondary N) is 2. The zero-order chi connectivity index (χ0) is 17.7. The van der Waals surface area contributed by atoms with Crippen molar-refractivity contribution >= 4 is 17.5 Å². The summed E-state index contributed by atoms with van der Waals surface area (Å²) in [7, 11) is 0. The van der Waals surface area contributed by atoms with Crippen molar-refractivity contribution in [3.05, 3.63) is 64.7 Å². The first-order chi connectivity index (χ1) is 11.4. The molecule has 0 fully saturated rings. The molecule has 4 nitrogen and oxygen atoms in total. The fraction of sp³-hybridized carbons (Fsp3) is 0.300. The van der Waals surface area contributed by atoms with Gasteiger partial charge in [-0.3, -0.25) is 9.59 Å². The van der Waals surface area contributed by atoms with E-state index in [1.165, 1.54) is 0 Å². The van der Waals surface area contributed by atoms with E-state index in [9.17, 15) is 9.59 Å². The Morgan fingerprint density at radius 3 is 2.25 bits per heavy atom. The smallest absolute Gasteiger partial charge is 0.255 e. The molecule has 0 spiro atoms. The van der Waals surface area contributed by atoms with Crippen LogP contribution >= 0.6 is 0 Å². The topological polar surface area (TPSA) is 58.2 Å². The molecule has 0 aliphatic rings. The van der Waals surface area contributed by atoms with Gasteiger partial charge in [-0.1, -0.05) is 36.2 Å². The van der Waals surface area contributed by atoms with Gasteiger partial charge in [-0.05, 0) is 51.5 Å². The van der Waals surface area contributed by atoms with Gasteiger partial charge >= 0.3 is 0 Å². The Morgan fingerprint density at radius 1 is 1.00 bits per heavy atom. The van der Waals surface area contributed by atoms with Crippen molar-refractivity contribution in [2.24, 2.45) is 0 Å². The molecule has 0 heterocycles. The quantitative estimate of drug-likeness (QED) is 0.870. The summed E-state index contributed by atoms with van der Waals surface area (Å²) in [5, 5.41) is 5.78. The Kier molecular flexibility index (Phi) is 5.74. The third-order valence-electron chi connectivity index (χ3n) is 3.89.